The smallest absolute Gasteiger partial charge is 0.166 e. The van der Waals surface area contributed by atoms with E-state index in [9.17, 15) is 0 Å². The third-order valence-corrected chi connectivity index (χ3v) is 1.25. The van der Waals surface area contributed by atoms with Crippen LogP contribution in [0.4, 0.5) is 0 Å². The molecule has 0 saturated heterocycles. The van der Waals surface area contributed by atoms with Crippen molar-refractivity contribution in [3.05, 3.63) is 0 Å². The summed E-state index contributed by atoms with van der Waals surface area (Å²) in [4.78, 5) is 0. The van der Waals surface area contributed by atoms with Crippen molar-refractivity contribution in [1.82, 2.24) is 10.6 Å². The van der Waals surface area contributed by atoms with Gasteiger partial charge in [0.25, 0.3) is 0 Å². The second-order valence-corrected chi connectivity index (χ2v) is 2.76. The molecular weight excluding hydrogens is 158 g/mol. The lowest BCUT2D eigenvalue weighted by Gasteiger charge is -2.08. The van der Waals surface area contributed by atoms with Crippen LogP contribution in [0.25, 0.3) is 0 Å². The fourth-order valence-corrected chi connectivity index (χ4v) is 0.469. The molecule has 0 aromatic heterocycles. The summed E-state index contributed by atoms with van der Waals surface area (Å²) in [7, 11) is 3.32. The summed E-state index contributed by atoms with van der Waals surface area (Å²) in [5.74, 6) is 0.649. The van der Waals surface area contributed by atoms with Crippen molar-refractivity contribution in [3.8, 4) is 0 Å². The van der Waals surface area contributed by atoms with Crippen molar-refractivity contribution >= 4 is 17.3 Å². The first-order chi connectivity index (χ1) is 5.16. The molecule has 4 N–H and O–H groups in total. The van der Waals surface area contributed by atoms with E-state index in [0.717, 1.165) is 11.7 Å². The Kier molecular flexibility index (Phi) is 11.6. The van der Waals surface area contributed by atoms with Gasteiger partial charge in [0.05, 0.1) is 0 Å². The Morgan fingerprint density at radius 3 is 2.18 bits per heavy atom. The summed E-state index contributed by atoms with van der Waals surface area (Å²) in [6, 6.07) is 0. The van der Waals surface area contributed by atoms with Gasteiger partial charge in [-0.2, -0.15) is 0 Å². The third-order valence-electron chi connectivity index (χ3n) is 0.898. The fraction of sp³-hybridized carbons (Fsp3) is 0.857. The number of nitrogens with one attached hydrogen (secondary N) is 2. The predicted octanol–water partition coefficient (Wildman–Crippen LogP) is 0.311. The van der Waals surface area contributed by atoms with Gasteiger partial charge >= 0.3 is 0 Å². The highest BCUT2D eigenvalue weighted by molar-refractivity contribution is 7.80. The average Bonchev–Trinajstić information content (AvgIpc) is 2.04. The van der Waals surface area contributed by atoms with Crippen LogP contribution in [0.3, 0.4) is 0 Å². The van der Waals surface area contributed by atoms with Gasteiger partial charge in [-0.15, -0.1) is 0 Å². The molecule has 0 atom stereocenters. The molecule has 0 radical (unpaired) electrons. The number of hydrogen-bond acceptors (Lipinski definition) is 2. The Balaban J connectivity index is 0. The van der Waals surface area contributed by atoms with Crippen molar-refractivity contribution in [2.45, 2.75) is 13.8 Å². The molecule has 0 aromatic rings. The first kappa shape index (κ1) is 13.3. The maximum absolute atomic E-state index is 4.85. The number of rotatable bonds is 2. The molecule has 0 rings (SSSR count). The van der Waals surface area contributed by atoms with Gasteiger partial charge in [-0.25, -0.2) is 0 Å². The van der Waals surface area contributed by atoms with Crippen LogP contribution in [-0.2, 0) is 0 Å². The minimum absolute atomic E-state index is 0.649. The topological polar surface area (TPSA) is 50.1 Å². The molecule has 0 bridgehead atoms. The van der Waals surface area contributed by atoms with Crippen LogP contribution in [0, 0.1) is 5.92 Å². The minimum atomic E-state index is 0.649. The number of thiocarbonyl (C=S) groups is 1. The van der Waals surface area contributed by atoms with Crippen molar-refractivity contribution in [3.63, 3.8) is 0 Å². The predicted molar refractivity (Wildman–Crippen MR) is 54.6 cm³/mol. The summed E-state index contributed by atoms with van der Waals surface area (Å²) in [6.07, 6.45) is 0. The SMILES string of the molecule is CN.CNC(=S)NCC(C)C. The van der Waals surface area contributed by atoms with Crippen LogP contribution in [-0.4, -0.2) is 25.8 Å². The van der Waals surface area contributed by atoms with Gasteiger partial charge in [0.1, 0.15) is 0 Å². The molecule has 0 aliphatic rings. The molecule has 0 amide bonds. The maximum atomic E-state index is 4.85. The van der Waals surface area contributed by atoms with E-state index >= 15 is 0 Å². The minimum Gasteiger partial charge on any atom is -0.366 e. The first-order valence-electron chi connectivity index (χ1n) is 3.70. The largest absolute Gasteiger partial charge is 0.366 e. The molecule has 68 valence electrons. The molecule has 0 saturated carbocycles. The van der Waals surface area contributed by atoms with Crippen LogP contribution in [0.5, 0.6) is 0 Å². The Bertz CT molecular complexity index is 93.7. The molecule has 0 aliphatic heterocycles. The Labute approximate surface area is 74.7 Å². The van der Waals surface area contributed by atoms with E-state index in [-0.39, 0.29) is 0 Å². The van der Waals surface area contributed by atoms with Gasteiger partial charge in [-0.05, 0) is 25.2 Å². The highest BCUT2D eigenvalue weighted by atomic mass is 32.1. The Morgan fingerprint density at radius 1 is 1.45 bits per heavy atom. The van der Waals surface area contributed by atoms with E-state index in [1.54, 1.807) is 0 Å². The van der Waals surface area contributed by atoms with Crippen molar-refractivity contribution in [2.75, 3.05) is 20.6 Å². The molecule has 0 fully saturated rings. The molecular formula is C7H19N3S. The van der Waals surface area contributed by atoms with Gasteiger partial charge in [-0.3, -0.25) is 0 Å². The molecule has 0 heterocycles. The van der Waals surface area contributed by atoms with Gasteiger partial charge in [0.2, 0.25) is 0 Å². The highest BCUT2D eigenvalue weighted by Gasteiger charge is 1.92. The number of hydrogen-bond donors (Lipinski definition) is 3. The zero-order valence-electron chi connectivity index (χ0n) is 7.77. The monoisotopic (exact) mass is 177 g/mol. The third kappa shape index (κ3) is 12.8. The Morgan fingerprint density at radius 2 is 1.91 bits per heavy atom. The van der Waals surface area contributed by atoms with E-state index in [1.165, 1.54) is 7.05 Å². The van der Waals surface area contributed by atoms with E-state index in [1.807, 2.05) is 7.05 Å². The standard InChI is InChI=1S/C6H14N2S.CH5N/c1-5(2)4-8-6(9)7-3;1-2/h5H,4H2,1-3H3,(H2,7,8,9);2H2,1H3. The summed E-state index contributed by atoms with van der Waals surface area (Å²) in [6.45, 7) is 5.23. The zero-order chi connectivity index (χ0) is 9.28. The second kappa shape index (κ2) is 9.65. The maximum Gasteiger partial charge on any atom is 0.166 e. The van der Waals surface area contributed by atoms with E-state index < -0.39 is 0 Å². The lowest BCUT2D eigenvalue weighted by molar-refractivity contribution is 0.622. The Hall–Kier alpha value is -0.350. The normalized spacial score (nSPS) is 8.18. The van der Waals surface area contributed by atoms with Crippen LogP contribution < -0.4 is 16.4 Å². The lowest BCUT2D eigenvalue weighted by atomic mass is 10.2. The summed E-state index contributed by atoms with van der Waals surface area (Å²) in [5.41, 5.74) is 4.50. The zero-order valence-corrected chi connectivity index (χ0v) is 8.59. The van der Waals surface area contributed by atoms with Crippen molar-refractivity contribution in [2.24, 2.45) is 11.7 Å². The average molecular weight is 177 g/mol. The molecule has 0 aliphatic carbocycles. The van der Waals surface area contributed by atoms with E-state index in [2.05, 4.69) is 30.2 Å². The van der Waals surface area contributed by atoms with Crippen LogP contribution in [0.1, 0.15) is 13.8 Å². The second-order valence-electron chi connectivity index (χ2n) is 2.35. The molecule has 11 heavy (non-hydrogen) atoms. The molecule has 0 spiro atoms. The fourth-order valence-electron chi connectivity index (χ4n) is 0.385. The quantitative estimate of drug-likeness (QED) is 0.531. The summed E-state index contributed by atoms with van der Waals surface area (Å²) >= 11 is 4.85. The summed E-state index contributed by atoms with van der Waals surface area (Å²) in [5, 5.41) is 6.62. The van der Waals surface area contributed by atoms with Crippen LogP contribution in [0.15, 0.2) is 0 Å². The molecule has 0 unspecified atom stereocenters. The lowest BCUT2D eigenvalue weighted by Crippen LogP contribution is -2.34. The number of nitrogens with two attached hydrogens (primary N) is 1. The van der Waals surface area contributed by atoms with Crippen LogP contribution >= 0.6 is 12.2 Å². The van der Waals surface area contributed by atoms with Gasteiger partial charge in [0.15, 0.2) is 5.11 Å². The van der Waals surface area contributed by atoms with E-state index in [0.29, 0.717) is 5.92 Å². The van der Waals surface area contributed by atoms with Crippen molar-refractivity contribution in [1.29, 1.82) is 0 Å². The van der Waals surface area contributed by atoms with Gasteiger partial charge in [0, 0.05) is 13.6 Å². The molecule has 4 heteroatoms. The summed E-state index contributed by atoms with van der Waals surface area (Å²) < 4.78 is 0. The van der Waals surface area contributed by atoms with Gasteiger partial charge < -0.3 is 16.4 Å². The highest BCUT2D eigenvalue weighted by Crippen LogP contribution is 1.85. The van der Waals surface area contributed by atoms with E-state index in [4.69, 9.17) is 12.2 Å². The van der Waals surface area contributed by atoms with Crippen LogP contribution in [0.2, 0.25) is 0 Å². The molecule has 3 nitrogen and oxygen atoms in total. The van der Waals surface area contributed by atoms with Crippen molar-refractivity contribution < 1.29 is 0 Å². The van der Waals surface area contributed by atoms with Gasteiger partial charge in [-0.1, -0.05) is 13.8 Å². The molecule has 0 aromatic carbocycles. The first-order valence-corrected chi connectivity index (χ1v) is 4.11.